The second kappa shape index (κ2) is 7.94. The van der Waals surface area contributed by atoms with Crippen LogP contribution in [0.1, 0.15) is 29.0 Å². The molecule has 170 valence electrons. The van der Waals surface area contributed by atoms with Crippen molar-refractivity contribution in [2.45, 2.75) is 31.0 Å². The number of hydrogen-bond acceptors (Lipinski definition) is 5. The topological polar surface area (TPSA) is 74.9 Å². The minimum absolute atomic E-state index is 0.00220. The number of carbonyl (C=O) groups is 1. The third kappa shape index (κ3) is 4.20. The van der Waals surface area contributed by atoms with Crippen LogP contribution in [0.25, 0.3) is 11.0 Å². The first kappa shape index (κ1) is 21.8. The van der Waals surface area contributed by atoms with Gasteiger partial charge in [0.1, 0.15) is 11.7 Å². The zero-order valence-corrected chi connectivity index (χ0v) is 16.3. The molecule has 0 saturated carbocycles. The Balaban J connectivity index is 1.72. The highest BCUT2D eigenvalue weighted by Gasteiger charge is 2.46. The van der Waals surface area contributed by atoms with Gasteiger partial charge in [0.05, 0.1) is 17.8 Å². The van der Waals surface area contributed by atoms with Crippen molar-refractivity contribution in [2.24, 2.45) is 5.92 Å². The Bertz CT molecular complexity index is 974. The number of aliphatic hydroxyl groups excluding tert-OH is 1. The van der Waals surface area contributed by atoms with Gasteiger partial charge in [-0.25, -0.2) is 8.78 Å². The lowest BCUT2D eigenvalue weighted by molar-refractivity contribution is -0.159. The highest BCUT2D eigenvalue weighted by Crippen LogP contribution is 2.41. The lowest BCUT2D eigenvalue weighted by Crippen LogP contribution is -2.49. The summed E-state index contributed by atoms with van der Waals surface area (Å²) in [5.41, 5.74) is -1.07. The number of ether oxygens (including phenoxy) is 1. The molecule has 31 heavy (non-hydrogen) atoms. The zero-order valence-electron chi connectivity index (χ0n) is 16.3. The maximum Gasteiger partial charge on any atom is 0.416 e. The molecule has 4 rings (SSSR count). The van der Waals surface area contributed by atoms with Crippen LogP contribution >= 0.6 is 0 Å². The van der Waals surface area contributed by atoms with E-state index in [1.165, 1.54) is 4.90 Å². The Morgan fingerprint density at radius 3 is 2.71 bits per heavy atom. The first-order valence-corrected chi connectivity index (χ1v) is 9.87. The van der Waals surface area contributed by atoms with E-state index < -0.39 is 36.2 Å². The number of aliphatic hydroxyl groups is 1. The van der Waals surface area contributed by atoms with Crippen LogP contribution in [0.5, 0.6) is 0 Å². The quantitative estimate of drug-likeness (QED) is 0.702. The van der Waals surface area contributed by atoms with E-state index >= 15 is 8.78 Å². The molecule has 0 bridgehead atoms. The Labute approximate surface area is 173 Å². The fourth-order valence-corrected chi connectivity index (χ4v) is 4.07. The lowest BCUT2D eigenvalue weighted by atomic mass is 9.93. The molecular weight excluding hydrogens is 427 g/mol. The van der Waals surface area contributed by atoms with E-state index in [1.807, 2.05) is 0 Å². The number of alkyl halides is 5. The minimum Gasteiger partial charge on any atom is -0.449 e. The Morgan fingerprint density at radius 1 is 1.23 bits per heavy atom. The van der Waals surface area contributed by atoms with Crippen LogP contribution in [0.4, 0.5) is 27.6 Å². The fraction of sp³-hybridized carbons (Fsp3) is 0.550. The van der Waals surface area contributed by atoms with Crippen LogP contribution in [-0.2, 0) is 10.9 Å². The lowest BCUT2D eigenvalue weighted by Gasteiger charge is -2.36. The molecule has 2 aromatic rings. The van der Waals surface area contributed by atoms with Crippen LogP contribution in [0.15, 0.2) is 22.6 Å². The van der Waals surface area contributed by atoms with Crippen molar-refractivity contribution < 1.29 is 41.0 Å². The number of carbonyl (C=O) groups excluding carboxylic acids is 1. The predicted octanol–water partition coefficient (Wildman–Crippen LogP) is 3.42. The van der Waals surface area contributed by atoms with Crippen LogP contribution in [0.2, 0.25) is 0 Å². The van der Waals surface area contributed by atoms with Crippen molar-refractivity contribution in [3.8, 4) is 0 Å². The number of fused-ring (bicyclic) bond motifs is 3. The number of halogens is 5. The number of furan rings is 1. The third-order valence-electron chi connectivity index (χ3n) is 5.70. The fourth-order valence-electron chi connectivity index (χ4n) is 4.07. The van der Waals surface area contributed by atoms with Crippen molar-refractivity contribution >= 4 is 22.6 Å². The molecule has 2 aliphatic heterocycles. The van der Waals surface area contributed by atoms with Gasteiger partial charge in [-0.3, -0.25) is 4.79 Å². The average molecular weight is 448 g/mol. The van der Waals surface area contributed by atoms with Crippen molar-refractivity contribution in [2.75, 3.05) is 37.7 Å². The molecule has 6 nitrogen and oxygen atoms in total. The smallest absolute Gasteiger partial charge is 0.416 e. The maximum atomic E-state index is 15.1. The number of nitrogens with zero attached hydrogens (tertiary/aromatic N) is 1. The summed E-state index contributed by atoms with van der Waals surface area (Å²) in [5.74, 6) is -4.67. The van der Waals surface area contributed by atoms with Crippen LogP contribution in [0.3, 0.4) is 0 Å². The number of benzene rings is 1. The molecule has 11 heteroatoms. The van der Waals surface area contributed by atoms with E-state index in [-0.39, 0.29) is 61.1 Å². The molecular formula is C20H21F5N2O4. The van der Waals surface area contributed by atoms with Gasteiger partial charge in [-0.1, -0.05) is 0 Å². The molecule has 1 aromatic carbocycles. The summed E-state index contributed by atoms with van der Waals surface area (Å²) >= 11 is 0. The number of nitrogens with one attached hydrogen (secondary N) is 1. The summed E-state index contributed by atoms with van der Waals surface area (Å²) in [7, 11) is 0. The zero-order chi connectivity index (χ0) is 22.4. The highest BCUT2D eigenvalue weighted by atomic mass is 19.4. The van der Waals surface area contributed by atoms with Crippen molar-refractivity contribution in [1.29, 1.82) is 0 Å². The second-order valence-electron chi connectivity index (χ2n) is 7.86. The van der Waals surface area contributed by atoms with Gasteiger partial charge >= 0.3 is 6.18 Å². The Kier molecular flexibility index (Phi) is 5.59. The number of amides is 1. The summed E-state index contributed by atoms with van der Waals surface area (Å²) in [6.45, 7) is -1.04. The van der Waals surface area contributed by atoms with Crippen LogP contribution < -0.4 is 10.2 Å². The highest BCUT2D eigenvalue weighted by molar-refractivity contribution is 6.07. The second-order valence-corrected chi connectivity index (χ2v) is 7.86. The van der Waals surface area contributed by atoms with E-state index in [0.717, 1.165) is 18.2 Å². The molecule has 2 unspecified atom stereocenters. The monoisotopic (exact) mass is 448 g/mol. The van der Waals surface area contributed by atoms with Crippen molar-refractivity contribution in [3.05, 3.63) is 29.5 Å². The normalized spacial score (nSPS) is 22.9. The number of anilines is 1. The molecule has 0 aliphatic carbocycles. The van der Waals surface area contributed by atoms with Gasteiger partial charge in [0.15, 0.2) is 0 Å². The van der Waals surface area contributed by atoms with Gasteiger partial charge in [0.25, 0.3) is 11.8 Å². The number of hydrogen-bond donors (Lipinski definition) is 2. The van der Waals surface area contributed by atoms with E-state index in [0.29, 0.717) is 6.42 Å². The predicted molar refractivity (Wildman–Crippen MR) is 100 cm³/mol. The standard InChI is InChI=1S/C20H21F5N2O4/c21-19(22,15-7-11(9-28)3-6-30-15)10-27-5-4-26-18(29)17-16(27)13-8-12(20(23,24)25)1-2-14(13)31-17/h1-2,8,11,15,28H,3-7,9-10H2,(H,26,29). The van der Waals surface area contributed by atoms with Gasteiger partial charge in [-0.2, -0.15) is 13.2 Å². The minimum atomic E-state index is -4.64. The summed E-state index contributed by atoms with van der Waals surface area (Å²) in [5, 5.41) is 11.8. The van der Waals surface area contributed by atoms with Gasteiger partial charge < -0.3 is 24.5 Å². The van der Waals surface area contributed by atoms with E-state index in [1.54, 1.807) is 0 Å². The van der Waals surface area contributed by atoms with Crippen molar-refractivity contribution in [3.63, 3.8) is 0 Å². The molecule has 2 atom stereocenters. The Hall–Kier alpha value is -2.40. The average Bonchev–Trinajstić information content (AvgIpc) is 3.04. The third-order valence-corrected chi connectivity index (χ3v) is 5.70. The molecule has 0 radical (unpaired) electrons. The first-order valence-electron chi connectivity index (χ1n) is 9.87. The van der Waals surface area contributed by atoms with Gasteiger partial charge in [0, 0.05) is 31.7 Å². The SMILES string of the molecule is O=C1NCCN(CC(F)(F)C2CC(CO)CCO2)c2c1oc1ccc(C(F)(F)F)cc21. The summed E-state index contributed by atoms with van der Waals surface area (Å²) in [6.07, 6.45) is -5.65. The molecule has 2 N–H and O–H groups in total. The van der Waals surface area contributed by atoms with Crippen molar-refractivity contribution in [1.82, 2.24) is 5.32 Å². The molecule has 1 saturated heterocycles. The van der Waals surface area contributed by atoms with Gasteiger partial charge in [-0.15, -0.1) is 0 Å². The van der Waals surface area contributed by atoms with E-state index in [4.69, 9.17) is 9.15 Å². The first-order chi connectivity index (χ1) is 14.6. The maximum absolute atomic E-state index is 15.1. The molecule has 1 fully saturated rings. The molecule has 1 aromatic heterocycles. The Morgan fingerprint density at radius 2 is 2.00 bits per heavy atom. The molecule has 0 spiro atoms. The van der Waals surface area contributed by atoms with E-state index in [9.17, 15) is 23.1 Å². The largest absolute Gasteiger partial charge is 0.449 e. The van der Waals surface area contributed by atoms with Gasteiger partial charge in [0.2, 0.25) is 5.76 Å². The summed E-state index contributed by atoms with van der Waals surface area (Å²) < 4.78 is 80.6. The molecule has 2 aliphatic rings. The number of rotatable bonds is 4. The summed E-state index contributed by atoms with van der Waals surface area (Å²) in [4.78, 5) is 13.5. The van der Waals surface area contributed by atoms with Gasteiger partial charge in [-0.05, 0) is 37.0 Å². The molecule has 3 heterocycles. The summed E-state index contributed by atoms with van der Waals surface area (Å²) in [6, 6.07) is 2.69. The molecule has 1 amide bonds. The van der Waals surface area contributed by atoms with Crippen LogP contribution in [0, 0.1) is 5.92 Å². The van der Waals surface area contributed by atoms with Crippen LogP contribution in [-0.4, -0.2) is 55.9 Å². The van der Waals surface area contributed by atoms with E-state index in [2.05, 4.69) is 5.32 Å².